The number of carbonyl (C=O) groups excluding carboxylic acids is 2. The van der Waals surface area contributed by atoms with Crippen molar-refractivity contribution in [1.29, 1.82) is 0 Å². The molecule has 42 heavy (non-hydrogen) atoms. The van der Waals surface area contributed by atoms with Gasteiger partial charge in [0.2, 0.25) is 5.95 Å². The van der Waals surface area contributed by atoms with Crippen molar-refractivity contribution in [1.82, 2.24) is 19.7 Å². The minimum Gasteiger partial charge on any atom is -0.415 e. The predicted molar refractivity (Wildman–Crippen MR) is 146 cm³/mol. The SMILES string of the molecule is C=C(OC(=O)C(F)(F)F)C(=O)Nc1cccc(CNc2nc(Nc3cnn(CCOC)c3)ncc2N2CCOCC2)c1. The van der Waals surface area contributed by atoms with Gasteiger partial charge >= 0.3 is 12.1 Å². The molecule has 3 N–H and O–H groups in total. The van der Waals surface area contributed by atoms with Crippen molar-refractivity contribution in [2.24, 2.45) is 0 Å². The Bertz CT molecular complexity index is 1410. The Kier molecular flexibility index (Phi) is 9.93. The molecule has 1 fully saturated rings. The van der Waals surface area contributed by atoms with E-state index in [0.717, 1.165) is 5.69 Å². The second-order valence-electron chi connectivity index (χ2n) is 8.96. The number of alkyl halides is 3. The fraction of sp³-hybridized carbons (Fsp3) is 0.346. The van der Waals surface area contributed by atoms with Gasteiger partial charge in [-0.1, -0.05) is 18.7 Å². The predicted octanol–water partition coefficient (Wildman–Crippen LogP) is 3.07. The molecular formula is C26H29F3N8O5. The summed E-state index contributed by atoms with van der Waals surface area (Å²) in [6.45, 7) is 6.91. The number of anilines is 5. The highest BCUT2D eigenvalue weighted by Crippen LogP contribution is 2.27. The first-order valence-corrected chi connectivity index (χ1v) is 12.7. The van der Waals surface area contributed by atoms with Crippen LogP contribution in [-0.2, 0) is 36.9 Å². The highest BCUT2D eigenvalue weighted by molar-refractivity contribution is 6.03. The summed E-state index contributed by atoms with van der Waals surface area (Å²) in [5, 5.41) is 13.1. The van der Waals surface area contributed by atoms with E-state index in [1.54, 1.807) is 42.4 Å². The zero-order valence-electron chi connectivity index (χ0n) is 22.6. The first kappa shape index (κ1) is 30.3. The third-order valence-electron chi connectivity index (χ3n) is 5.88. The standard InChI is InChI=1S/C26H29F3N8O5/c1-17(42-24(39)26(27,28)29)23(38)33-19-5-3-4-18(12-19)13-30-22-21(36-6-10-41-11-7-36)15-31-25(35-22)34-20-14-32-37(16-20)8-9-40-2/h3-5,12,14-16H,1,6-11,13H2,2H3,(H,33,38)(H2,30,31,34,35). The van der Waals surface area contributed by atoms with Crippen molar-refractivity contribution in [2.75, 3.05) is 60.9 Å². The molecule has 1 amide bonds. The minimum atomic E-state index is -5.25. The first-order valence-electron chi connectivity index (χ1n) is 12.7. The molecule has 2 aromatic heterocycles. The number of halogens is 3. The molecule has 0 radical (unpaired) electrons. The van der Waals surface area contributed by atoms with Crippen LogP contribution in [0.3, 0.4) is 0 Å². The molecule has 1 saturated heterocycles. The van der Waals surface area contributed by atoms with Gasteiger partial charge in [-0.25, -0.2) is 9.78 Å². The van der Waals surface area contributed by atoms with Gasteiger partial charge in [-0.05, 0) is 17.7 Å². The van der Waals surface area contributed by atoms with Crippen molar-refractivity contribution in [3.63, 3.8) is 0 Å². The van der Waals surface area contributed by atoms with Crippen molar-refractivity contribution in [3.05, 3.63) is 60.8 Å². The Morgan fingerprint density at radius 2 is 1.95 bits per heavy atom. The molecule has 0 unspecified atom stereocenters. The zero-order valence-corrected chi connectivity index (χ0v) is 22.6. The molecule has 224 valence electrons. The Balaban J connectivity index is 1.45. The maximum atomic E-state index is 12.4. The highest BCUT2D eigenvalue weighted by Gasteiger charge is 2.42. The Morgan fingerprint density at radius 1 is 1.17 bits per heavy atom. The quantitative estimate of drug-likeness (QED) is 0.163. The summed E-state index contributed by atoms with van der Waals surface area (Å²) < 4.78 is 53.5. The van der Waals surface area contributed by atoms with Crippen LogP contribution in [0.4, 0.5) is 42.0 Å². The summed E-state index contributed by atoms with van der Waals surface area (Å²) in [6.07, 6.45) is -0.0788. The molecule has 4 rings (SSSR count). The van der Waals surface area contributed by atoms with E-state index >= 15 is 0 Å². The lowest BCUT2D eigenvalue weighted by Gasteiger charge is -2.30. The lowest BCUT2D eigenvalue weighted by atomic mass is 10.2. The third kappa shape index (κ3) is 8.40. The van der Waals surface area contributed by atoms with E-state index in [-0.39, 0.29) is 12.2 Å². The van der Waals surface area contributed by atoms with Crippen molar-refractivity contribution >= 4 is 40.7 Å². The van der Waals surface area contributed by atoms with Gasteiger partial charge in [0.15, 0.2) is 11.6 Å². The van der Waals surface area contributed by atoms with Gasteiger partial charge in [0.05, 0.1) is 50.1 Å². The lowest BCUT2D eigenvalue weighted by molar-refractivity contribution is -0.195. The smallest absolute Gasteiger partial charge is 0.415 e. The van der Waals surface area contributed by atoms with Gasteiger partial charge in [0.1, 0.15) is 0 Å². The Labute approximate surface area is 238 Å². The van der Waals surface area contributed by atoms with Crippen LogP contribution in [0.25, 0.3) is 0 Å². The second kappa shape index (κ2) is 13.8. The summed E-state index contributed by atoms with van der Waals surface area (Å²) >= 11 is 0. The molecule has 1 aliphatic heterocycles. The summed E-state index contributed by atoms with van der Waals surface area (Å²) in [4.78, 5) is 34.4. The monoisotopic (exact) mass is 590 g/mol. The van der Waals surface area contributed by atoms with E-state index in [9.17, 15) is 22.8 Å². The van der Waals surface area contributed by atoms with Crippen LogP contribution in [0.5, 0.6) is 0 Å². The van der Waals surface area contributed by atoms with Crippen LogP contribution >= 0.6 is 0 Å². The van der Waals surface area contributed by atoms with Gasteiger partial charge in [-0.15, -0.1) is 0 Å². The topological polar surface area (TPSA) is 145 Å². The number of nitrogens with one attached hydrogen (secondary N) is 3. The molecule has 0 atom stereocenters. The van der Waals surface area contributed by atoms with E-state index in [1.807, 2.05) is 6.20 Å². The summed E-state index contributed by atoms with van der Waals surface area (Å²) in [6, 6.07) is 6.56. The number of ether oxygens (including phenoxy) is 3. The maximum absolute atomic E-state index is 12.4. The van der Waals surface area contributed by atoms with Gasteiger partial charge in [0.25, 0.3) is 5.91 Å². The molecule has 0 spiro atoms. The number of morpholine rings is 1. The second-order valence-corrected chi connectivity index (χ2v) is 8.96. The van der Waals surface area contributed by atoms with Crippen LogP contribution < -0.4 is 20.9 Å². The average molecular weight is 591 g/mol. The maximum Gasteiger partial charge on any atom is 0.491 e. The zero-order chi connectivity index (χ0) is 30.1. The number of aromatic nitrogens is 4. The molecule has 0 saturated carbocycles. The molecule has 1 aliphatic rings. The molecule has 16 heteroatoms. The minimum absolute atomic E-state index is 0.257. The van der Waals surface area contributed by atoms with Gasteiger partial charge in [0, 0.05) is 38.6 Å². The van der Waals surface area contributed by atoms with Crippen LogP contribution in [0.15, 0.2) is 55.2 Å². The summed E-state index contributed by atoms with van der Waals surface area (Å²) in [5.41, 5.74) is 2.44. The van der Waals surface area contributed by atoms with Crippen molar-refractivity contribution in [2.45, 2.75) is 19.3 Å². The Morgan fingerprint density at radius 3 is 2.69 bits per heavy atom. The summed E-state index contributed by atoms with van der Waals surface area (Å²) in [7, 11) is 1.62. The van der Waals surface area contributed by atoms with E-state index in [1.165, 1.54) is 6.07 Å². The van der Waals surface area contributed by atoms with Crippen LogP contribution in [0.1, 0.15) is 5.56 Å². The van der Waals surface area contributed by atoms with Crippen LogP contribution in [0, 0.1) is 0 Å². The molecule has 13 nitrogen and oxygen atoms in total. The molecule has 1 aromatic carbocycles. The molecular weight excluding hydrogens is 561 g/mol. The number of nitrogens with zero attached hydrogens (tertiary/aromatic N) is 5. The molecule has 3 aromatic rings. The molecule has 0 bridgehead atoms. The largest absolute Gasteiger partial charge is 0.491 e. The first-order chi connectivity index (χ1) is 20.1. The van der Waals surface area contributed by atoms with Gasteiger partial charge in [-0.3, -0.25) is 9.48 Å². The Hall–Kier alpha value is -4.70. The number of benzene rings is 1. The van der Waals surface area contributed by atoms with Crippen molar-refractivity contribution in [3.8, 4) is 0 Å². The number of rotatable bonds is 12. The third-order valence-corrected chi connectivity index (χ3v) is 5.88. The van der Waals surface area contributed by atoms with E-state index in [0.29, 0.717) is 62.5 Å². The lowest BCUT2D eigenvalue weighted by Crippen LogP contribution is -2.36. The van der Waals surface area contributed by atoms with E-state index in [2.05, 4.69) is 47.2 Å². The molecule has 3 heterocycles. The van der Waals surface area contributed by atoms with E-state index < -0.39 is 23.8 Å². The fourth-order valence-corrected chi connectivity index (χ4v) is 3.83. The molecule has 0 aliphatic carbocycles. The normalized spacial score (nSPS) is 13.4. The van der Waals surface area contributed by atoms with Gasteiger partial charge < -0.3 is 35.1 Å². The van der Waals surface area contributed by atoms with Crippen molar-refractivity contribution < 1.29 is 37.0 Å². The van der Waals surface area contributed by atoms with Crippen LogP contribution in [-0.4, -0.2) is 77.8 Å². The number of hydrogen-bond donors (Lipinski definition) is 3. The number of esters is 1. The van der Waals surface area contributed by atoms with E-state index in [4.69, 9.17) is 9.47 Å². The number of methoxy groups -OCH3 is 1. The average Bonchev–Trinajstić information content (AvgIpc) is 3.42. The fourth-order valence-electron chi connectivity index (χ4n) is 3.83. The number of hydrogen-bond acceptors (Lipinski definition) is 11. The number of carbonyl (C=O) groups is 2. The highest BCUT2D eigenvalue weighted by atomic mass is 19.4. The van der Waals surface area contributed by atoms with Gasteiger partial charge in [-0.2, -0.15) is 23.3 Å². The van der Waals surface area contributed by atoms with Crippen LogP contribution in [0.2, 0.25) is 0 Å². The number of amides is 1. The summed E-state index contributed by atoms with van der Waals surface area (Å²) in [5.74, 6) is -3.72.